The Morgan fingerprint density at radius 2 is 1.76 bits per heavy atom. The number of fused-ring (bicyclic) bond motifs is 1. The summed E-state index contributed by atoms with van der Waals surface area (Å²) in [6, 6.07) is 9.38. The van der Waals surface area contributed by atoms with Gasteiger partial charge in [-0.15, -0.1) is 5.10 Å². The van der Waals surface area contributed by atoms with E-state index in [0.717, 1.165) is 11.6 Å². The number of nitrogens with zero attached hydrogens (tertiary/aromatic N) is 5. The fourth-order valence-corrected chi connectivity index (χ4v) is 4.52. The molecule has 0 bridgehead atoms. The molecule has 0 radical (unpaired) electrons. The number of methoxy groups -OCH3 is 1. The zero-order valence-electron chi connectivity index (χ0n) is 28.2. The number of allylic oxidation sites excluding steroid dienone is 1. The van der Waals surface area contributed by atoms with Gasteiger partial charge < -0.3 is 31.2 Å². The predicted octanol–water partition coefficient (Wildman–Crippen LogP) is 1.30. The maximum Gasteiger partial charge on any atom is 0.332 e. The number of rotatable bonds is 15. The van der Waals surface area contributed by atoms with Gasteiger partial charge in [0.05, 0.1) is 12.5 Å². The number of amides is 5. The summed E-state index contributed by atoms with van der Waals surface area (Å²) in [4.78, 5) is 64.6. The first-order chi connectivity index (χ1) is 23.2. The molecule has 3 rings (SSSR count). The van der Waals surface area contributed by atoms with Crippen LogP contribution in [0.1, 0.15) is 57.2 Å². The molecule has 17 heteroatoms. The second-order valence-electron chi connectivity index (χ2n) is 12.2. The highest BCUT2D eigenvalue weighted by Gasteiger charge is 2.29. The lowest BCUT2D eigenvalue weighted by Crippen LogP contribution is -2.54. The number of carbonyl (C=O) groups is 5. The summed E-state index contributed by atoms with van der Waals surface area (Å²) in [6.07, 6.45) is 2.23. The standard InChI is InChI=1S/C32H42N10O7/c1-19(2)27(30(46)35-21(17-34-39-31(33)47)16-26(43)49-32(3,4)5)37-29(45)24(14-15-25-38-40-41-42(25)18-48-6)36-28(44)23-13-9-11-20-10-7-8-12-22(20)23/h7-14,17,19,21,27H,15-16,18H2,1-6H3,(H,35,46)(H,36,44)(H,37,45)(H3,33,39,47)/b24-14+,34-17+/t21-,27-/m0/s1. The number of nitrogens with two attached hydrogens (primary N) is 1. The number of aromatic nitrogens is 4. The molecule has 6 N–H and O–H groups in total. The Morgan fingerprint density at radius 1 is 1.04 bits per heavy atom. The molecule has 0 saturated carbocycles. The van der Waals surface area contributed by atoms with E-state index in [4.69, 9.17) is 15.2 Å². The lowest BCUT2D eigenvalue weighted by Gasteiger charge is -2.25. The minimum absolute atomic E-state index is 0.0226. The number of tetrazole rings is 1. The summed E-state index contributed by atoms with van der Waals surface area (Å²) in [5.41, 5.74) is 6.45. The first-order valence-electron chi connectivity index (χ1n) is 15.3. The van der Waals surface area contributed by atoms with Gasteiger partial charge in [0.1, 0.15) is 24.1 Å². The van der Waals surface area contributed by atoms with Crippen molar-refractivity contribution in [2.75, 3.05) is 7.11 Å². The average Bonchev–Trinajstić information content (AvgIpc) is 3.46. The maximum absolute atomic E-state index is 13.8. The number of nitrogens with one attached hydrogen (secondary N) is 4. The summed E-state index contributed by atoms with van der Waals surface area (Å²) in [7, 11) is 1.47. The molecule has 5 amide bonds. The van der Waals surface area contributed by atoms with E-state index in [2.05, 4.69) is 36.6 Å². The molecule has 3 aromatic rings. The average molecular weight is 679 g/mol. The third-order valence-corrected chi connectivity index (χ3v) is 6.67. The van der Waals surface area contributed by atoms with E-state index in [0.29, 0.717) is 16.8 Å². The Kier molecular flexibility index (Phi) is 13.4. The van der Waals surface area contributed by atoms with Crippen LogP contribution in [0.15, 0.2) is 59.3 Å². The number of primary amides is 1. The summed E-state index contributed by atoms with van der Waals surface area (Å²) < 4.78 is 11.8. The zero-order valence-corrected chi connectivity index (χ0v) is 28.2. The third-order valence-electron chi connectivity index (χ3n) is 6.67. The number of hydrazone groups is 1. The van der Waals surface area contributed by atoms with Crippen molar-refractivity contribution >= 4 is 46.7 Å². The molecule has 1 heterocycles. The monoisotopic (exact) mass is 678 g/mol. The summed E-state index contributed by atoms with van der Waals surface area (Å²) in [5, 5.41) is 24.6. The van der Waals surface area contributed by atoms with Gasteiger partial charge >= 0.3 is 12.0 Å². The van der Waals surface area contributed by atoms with Crippen LogP contribution in [-0.2, 0) is 37.0 Å². The van der Waals surface area contributed by atoms with Gasteiger partial charge in [-0.1, -0.05) is 50.2 Å². The largest absolute Gasteiger partial charge is 0.460 e. The highest BCUT2D eigenvalue weighted by molar-refractivity contribution is 6.10. The number of benzene rings is 2. The Balaban J connectivity index is 1.89. The van der Waals surface area contributed by atoms with Gasteiger partial charge in [-0.25, -0.2) is 14.9 Å². The predicted molar refractivity (Wildman–Crippen MR) is 178 cm³/mol. The molecular formula is C32H42N10O7. The molecular weight excluding hydrogens is 636 g/mol. The van der Waals surface area contributed by atoms with Crippen LogP contribution in [0.2, 0.25) is 0 Å². The van der Waals surface area contributed by atoms with Crippen LogP contribution in [-0.4, -0.2) is 80.9 Å². The topological polar surface area (TPSA) is 234 Å². The first-order valence-corrected chi connectivity index (χ1v) is 15.3. The van der Waals surface area contributed by atoms with Gasteiger partial charge in [-0.2, -0.15) is 5.10 Å². The van der Waals surface area contributed by atoms with E-state index in [1.165, 1.54) is 17.9 Å². The Hall–Kier alpha value is -5.71. The normalized spacial score (nSPS) is 13.2. The van der Waals surface area contributed by atoms with Crippen LogP contribution >= 0.6 is 0 Å². The molecule has 17 nitrogen and oxygen atoms in total. The Bertz CT molecular complexity index is 1710. The Labute approximate surface area is 283 Å². The number of urea groups is 1. The van der Waals surface area contributed by atoms with Crippen molar-refractivity contribution < 1.29 is 33.4 Å². The summed E-state index contributed by atoms with van der Waals surface area (Å²) in [6.45, 7) is 8.52. The Morgan fingerprint density at radius 3 is 2.43 bits per heavy atom. The van der Waals surface area contributed by atoms with E-state index >= 15 is 0 Å². The van der Waals surface area contributed by atoms with E-state index in [1.807, 2.05) is 23.6 Å². The lowest BCUT2D eigenvalue weighted by atomic mass is 10.0. The minimum Gasteiger partial charge on any atom is -0.460 e. The summed E-state index contributed by atoms with van der Waals surface area (Å²) in [5.74, 6) is -2.77. The molecule has 0 saturated heterocycles. The van der Waals surface area contributed by atoms with Crippen molar-refractivity contribution in [3.8, 4) is 0 Å². The van der Waals surface area contributed by atoms with Crippen LogP contribution in [0.4, 0.5) is 4.79 Å². The van der Waals surface area contributed by atoms with Crippen LogP contribution in [0.3, 0.4) is 0 Å². The van der Waals surface area contributed by atoms with Crippen molar-refractivity contribution in [2.45, 2.75) is 71.9 Å². The van der Waals surface area contributed by atoms with Gasteiger partial charge in [0.15, 0.2) is 5.82 Å². The number of ether oxygens (including phenoxy) is 2. The highest BCUT2D eigenvalue weighted by Crippen LogP contribution is 2.19. The SMILES string of the molecule is COCn1nnnc1C/C=C(/NC(=O)c1cccc2ccccc12)C(=O)N[C@H](C(=O)N[C@H](/C=N/NC(N)=O)CC(=O)OC(C)(C)C)C(C)C. The van der Waals surface area contributed by atoms with Crippen LogP contribution in [0.25, 0.3) is 10.8 Å². The lowest BCUT2D eigenvalue weighted by molar-refractivity contribution is -0.155. The van der Waals surface area contributed by atoms with Gasteiger partial charge in [-0.05, 0) is 60.0 Å². The fourth-order valence-electron chi connectivity index (χ4n) is 4.52. The number of carbonyl (C=O) groups excluding carboxylic acids is 5. The highest BCUT2D eigenvalue weighted by atomic mass is 16.6. The van der Waals surface area contributed by atoms with Crippen molar-refractivity contribution in [3.63, 3.8) is 0 Å². The third kappa shape index (κ3) is 11.8. The molecule has 0 aliphatic rings. The second-order valence-corrected chi connectivity index (χ2v) is 12.2. The number of esters is 1. The van der Waals surface area contributed by atoms with Crippen LogP contribution in [0, 0.1) is 5.92 Å². The van der Waals surface area contributed by atoms with E-state index in [1.54, 1.807) is 58.9 Å². The molecule has 49 heavy (non-hydrogen) atoms. The molecule has 0 aliphatic heterocycles. The van der Waals surface area contributed by atoms with E-state index in [9.17, 15) is 24.0 Å². The molecule has 2 aromatic carbocycles. The summed E-state index contributed by atoms with van der Waals surface area (Å²) >= 11 is 0. The van der Waals surface area contributed by atoms with Crippen molar-refractivity contribution in [2.24, 2.45) is 16.8 Å². The van der Waals surface area contributed by atoms with Crippen LogP contribution < -0.4 is 27.1 Å². The first kappa shape index (κ1) is 37.7. The van der Waals surface area contributed by atoms with Crippen molar-refractivity contribution in [3.05, 3.63) is 65.6 Å². The smallest absolute Gasteiger partial charge is 0.332 e. The molecule has 1 aromatic heterocycles. The molecule has 0 fully saturated rings. The minimum atomic E-state index is -1.15. The quantitative estimate of drug-likeness (QED) is 0.0669. The number of hydrogen-bond donors (Lipinski definition) is 5. The zero-order chi connectivity index (χ0) is 36.1. The van der Waals surface area contributed by atoms with Crippen molar-refractivity contribution in [1.82, 2.24) is 41.6 Å². The molecule has 0 aliphatic carbocycles. The molecule has 0 unspecified atom stereocenters. The molecule has 2 atom stereocenters. The van der Waals surface area contributed by atoms with E-state index in [-0.39, 0.29) is 25.3 Å². The molecule has 262 valence electrons. The fraction of sp³-hybridized carbons (Fsp3) is 0.406. The second kappa shape index (κ2) is 17.4. The van der Waals surface area contributed by atoms with E-state index < -0.39 is 53.3 Å². The van der Waals surface area contributed by atoms with Gasteiger partial charge in [0, 0.05) is 25.3 Å². The van der Waals surface area contributed by atoms with Crippen LogP contribution in [0.5, 0.6) is 0 Å². The van der Waals surface area contributed by atoms with Gasteiger partial charge in [0.25, 0.3) is 11.8 Å². The number of hydrogen-bond acceptors (Lipinski definition) is 11. The molecule has 0 spiro atoms. The maximum atomic E-state index is 13.8. The van der Waals surface area contributed by atoms with Gasteiger partial charge in [-0.3, -0.25) is 19.2 Å². The van der Waals surface area contributed by atoms with Crippen molar-refractivity contribution in [1.29, 1.82) is 0 Å². The van der Waals surface area contributed by atoms with Gasteiger partial charge in [0.2, 0.25) is 5.91 Å².